The quantitative estimate of drug-likeness (QED) is 0.655. The number of ether oxygens (including phenoxy) is 1. The maximum Gasteiger partial charge on any atom is 0.0702 e. The Morgan fingerprint density at radius 3 is 2.87 bits per heavy atom. The lowest BCUT2D eigenvalue weighted by Crippen LogP contribution is -2.29. The van der Waals surface area contributed by atoms with Gasteiger partial charge >= 0.3 is 0 Å². The molecule has 90 valence electrons. The van der Waals surface area contributed by atoms with Gasteiger partial charge in [0, 0.05) is 13.2 Å². The second-order valence-corrected chi connectivity index (χ2v) is 4.74. The zero-order valence-electron chi connectivity index (χ0n) is 10.1. The Labute approximate surface area is 93.4 Å². The Hall–Kier alpha value is -0.120. The fraction of sp³-hybridized carbons (Fsp3) is 1.00. The van der Waals surface area contributed by atoms with Crippen molar-refractivity contribution in [2.75, 3.05) is 26.7 Å². The summed E-state index contributed by atoms with van der Waals surface area (Å²) in [6.07, 6.45) is 5.98. The minimum atomic E-state index is -0.145. The van der Waals surface area contributed by atoms with Crippen LogP contribution in [0, 0.1) is 0 Å². The van der Waals surface area contributed by atoms with E-state index in [2.05, 4.69) is 11.9 Å². The second kappa shape index (κ2) is 7.20. The molecular weight excluding hydrogens is 190 g/mol. The minimum Gasteiger partial charge on any atom is -0.393 e. The third-order valence-corrected chi connectivity index (χ3v) is 2.95. The van der Waals surface area contributed by atoms with Gasteiger partial charge in [0.15, 0.2) is 0 Å². The first-order chi connectivity index (χ1) is 7.18. The molecule has 1 N–H and O–H groups in total. The summed E-state index contributed by atoms with van der Waals surface area (Å²) in [7, 11) is 2.16. The Morgan fingerprint density at radius 2 is 2.27 bits per heavy atom. The van der Waals surface area contributed by atoms with Crippen LogP contribution in [0.15, 0.2) is 0 Å². The SMILES string of the molecule is CC(O)CCCCN(C)CC1CCCO1. The molecule has 3 heteroatoms. The Bertz CT molecular complexity index is 156. The van der Waals surface area contributed by atoms with Gasteiger partial charge in [0.05, 0.1) is 12.2 Å². The van der Waals surface area contributed by atoms with E-state index in [4.69, 9.17) is 9.84 Å². The summed E-state index contributed by atoms with van der Waals surface area (Å²) in [4.78, 5) is 2.35. The van der Waals surface area contributed by atoms with Crippen molar-refractivity contribution in [3.05, 3.63) is 0 Å². The van der Waals surface area contributed by atoms with Crippen LogP contribution in [0.5, 0.6) is 0 Å². The topological polar surface area (TPSA) is 32.7 Å². The molecule has 1 fully saturated rings. The monoisotopic (exact) mass is 215 g/mol. The summed E-state index contributed by atoms with van der Waals surface area (Å²) in [5, 5.41) is 9.11. The highest BCUT2D eigenvalue weighted by Gasteiger charge is 2.16. The molecule has 1 saturated heterocycles. The molecule has 0 aliphatic carbocycles. The number of aliphatic hydroxyl groups excluding tert-OH is 1. The molecule has 1 aliphatic rings. The average Bonchev–Trinajstić information content (AvgIpc) is 2.64. The van der Waals surface area contributed by atoms with Crippen LogP contribution >= 0.6 is 0 Å². The van der Waals surface area contributed by atoms with Crippen LogP contribution in [-0.4, -0.2) is 49.0 Å². The number of hydrogen-bond donors (Lipinski definition) is 1. The van der Waals surface area contributed by atoms with Crippen LogP contribution in [0.3, 0.4) is 0 Å². The van der Waals surface area contributed by atoms with Crippen molar-refractivity contribution in [2.24, 2.45) is 0 Å². The summed E-state index contributed by atoms with van der Waals surface area (Å²) in [6, 6.07) is 0. The first-order valence-electron chi connectivity index (χ1n) is 6.16. The molecule has 3 nitrogen and oxygen atoms in total. The number of likely N-dealkylation sites (N-methyl/N-ethyl adjacent to an activating group) is 1. The predicted molar refractivity (Wildman–Crippen MR) is 62.0 cm³/mol. The van der Waals surface area contributed by atoms with Gasteiger partial charge in [-0.15, -0.1) is 0 Å². The maximum absolute atomic E-state index is 9.11. The Kier molecular flexibility index (Phi) is 6.22. The van der Waals surface area contributed by atoms with Gasteiger partial charge in [0.1, 0.15) is 0 Å². The van der Waals surface area contributed by atoms with Gasteiger partial charge in [-0.05, 0) is 52.6 Å². The van der Waals surface area contributed by atoms with Crippen molar-refractivity contribution in [2.45, 2.75) is 51.2 Å². The van der Waals surface area contributed by atoms with E-state index in [9.17, 15) is 0 Å². The van der Waals surface area contributed by atoms with Gasteiger partial charge in [0.25, 0.3) is 0 Å². The number of hydrogen-bond acceptors (Lipinski definition) is 3. The molecule has 0 radical (unpaired) electrons. The van der Waals surface area contributed by atoms with Gasteiger partial charge in [0.2, 0.25) is 0 Å². The van der Waals surface area contributed by atoms with E-state index in [0.29, 0.717) is 6.10 Å². The van der Waals surface area contributed by atoms with Crippen molar-refractivity contribution in [1.82, 2.24) is 4.90 Å². The zero-order valence-corrected chi connectivity index (χ0v) is 10.1. The highest BCUT2D eigenvalue weighted by Crippen LogP contribution is 2.13. The lowest BCUT2D eigenvalue weighted by Gasteiger charge is -2.20. The molecule has 0 aromatic heterocycles. The van der Waals surface area contributed by atoms with E-state index in [1.165, 1.54) is 19.3 Å². The summed E-state index contributed by atoms with van der Waals surface area (Å²) in [5.41, 5.74) is 0. The molecule has 0 bridgehead atoms. The van der Waals surface area contributed by atoms with Crippen molar-refractivity contribution in [1.29, 1.82) is 0 Å². The highest BCUT2D eigenvalue weighted by atomic mass is 16.5. The summed E-state index contributed by atoms with van der Waals surface area (Å²) < 4.78 is 5.59. The molecule has 15 heavy (non-hydrogen) atoms. The predicted octanol–water partition coefficient (Wildman–Crippen LogP) is 1.65. The van der Waals surface area contributed by atoms with E-state index in [1.54, 1.807) is 0 Å². The molecule has 2 atom stereocenters. The maximum atomic E-state index is 9.11. The van der Waals surface area contributed by atoms with Crippen molar-refractivity contribution >= 4 is 0 Å². The van der Waals surface area contributed by atoms with E-state index in [-0.39, 0.29) is 6.10 Å². The van der Waals surface area contributed by atoms with Gasteiger partial charge in [-0.1, -0.05) is 0 Å². The molecular formula is C12H25NO2. The van der Waals surface area contributed by atoms with Crippen LogP contribution in [0.1, 0.15) is 39.0 Å². The van der Waals surface area contributed by atoms with Gasteiger partial charge in [-0.2, -0.15) is 0 Å². The van der Waals surface area contributed by atoms with Gasteiger partial charge in [-0.25, -0.2) is 0 Å². The van der Waals surface area contributed by atoms with E-state index < -0.39 is 0 Å². The minimum absolute atomic E-state index is 0.145. The first kappa shape index (κ1) is 12.9. The Balaban J connectivity index is 1.95. The number of nitrogens with zero attached hydrogens (tertiary/aromatic N) is 1. The first-order valence-corrected chi connectivity index (χ1v) is 6.16. The lowest BCUT2D eigenvalue weighted by molar-refractivity contribution is 0.0803. The largest absolute Gasteiger partial charge is 0.393 e. The van der Waals surface area contributed by atoms with Crippen molar-refractivity contribution < 1.29 is 9.84 Å². The lowest BCUT2D eigenvalue weighted by atomic mass is 10.1. The molecule has 0 spiro atoms. The molecule has 0 aromatic carbocycles. The molecule has 1 rings (SSSR count). The van der Waals surface area contributed by atoms with E-state index in [0.717, 1.165) is 32.5 Å². The summed E-state index contributed by atoms with van der Waals surface area (Å²) >= 11 is 0. The van der Waals surface area contributed by atoms with Gasteiger partial charge in [-0.3, -0.25) is 0 Å². The number of aliphatic hydroxyl groups is 1. The molecule has 1 heterocycles. The number of rotatable bonds is 7. The average molecular weight is 215 g/mol. The molecule has 0 amide bonds. The smallest absolute Gasteiger partial charge is 0.0702 e. The van der Waals surface area contributed by atoms with Crippen LogP contribution in [0.4, 0.5) is 0 Å². The Morgan fingerprint density at radius 1 is 1.47 bits per heavy atom. The van der Waals surface area contributed by atoms with Crippen molar-refractivity contribution in [3.63, 3.8) is 0 Å². The third kappa shape index (κ3) is 6.13. The van der Waals surface area contributed by atoms with Gasteiger partial charge < -0.3 is 14.7 Å². The fourth-order valence-corrected chi connectivity index (χ4v) is 2.05. The van der Waals surface area contributed by atoms with Crippen LogP contribution < -0.4 is 0 Å². The molecule has 1 aliphatic heterocycles. The van der Waals surface area contributed by atoms with Crippen LogP contribution in [0.25, 0.3) is 0 Å². The molecule has 0 aromatic rings. The standard InChI is InChI=1S/C12H25NO2/c1-11(14)6-3-4-8-13(2)10-12-7-5-9-15-12/h11-12,14H,3-10H2,1-2H3. The van der Waals surface area contributed by atoms with Crippen molar-refractivity contribution in [3.8, 4) is 0 Å². The third-order valence-electron chi connectivity index (χ3n) is 2.95. The second-order valence-electron chi connectivity index (χ2n) is 4.74. The zero-order chi connectivity index (χ0) is 11.1. The van der Waals surface area contributed by atoms with E-state index >= 15 is 0 Å². The number of unbranched alkanes of at least 4 members (excludes halogenated alkanes) is 1. The summed E-state index contributed by atoms with van der Waals surface area (Å²) in [5.74, 6) is 0. The van der Waals surface area contributed by atoms with Crippen LogP contribution in [-0.2, 0) is 4.74 Å². The normalized spacial score (nSPS) is 23.6. The highest BCUT2D eigenvalue weighted by molar-refractivity contribution is 4.68. The fourth-order valence-electron chi connectivity index (χ4n) is 2.05. The van der Waals surface area contributed by atoms with Crippen LogP contribution in [0.2, 0.25) is 0 Å². The van der Waals surface area contributed by atoms with E-state index in [1.807, 2.05) is 6.92 Å². The summed E-state index contributed by atoms with van der Waals surface area (Å²) in [6.45, 7) is 4.98. The molecule has 2 unspecified atom stereocenters. The molecule has 0 saturated carbocycles.